The molecule has 19 heavy (non-hydrogen) atoms. The van der Waals surface area contributed by atoms with E-state index >= 15 is 0 Å². The molecule has 6 heteroatoms. The summed E-state index contributed by atoms with van der Waals surface area (Å²) in [5, 5.41) is 13.4. The quantitative estimate of drug-likeness (QED) is 0.278. The number of nitrogens with zero attached hydrogens (tertiary/aromatic N) is 1. The van der Waals surface area contributed by atoms with E-state index < -0.39 is 11.9 Å². The summed E-state index contributed by atoms with van der Waals surface area (Å²) in [4.78, 5) is 22.5. The highest BCUT2D eigenvalue weighted by atomic mass is 16.5. The van der Waals surface area contributed by atoms with E-state index in [4.69, 9.17) is 9.94 Å². The molecule has 2 N–H and O–H groups in total. The first kappa shape index (κ1) is 14.4. The van der Waals surface area contributed by atoms with E-state index in [1.807, 2.05) is 0 Å². The zero-order valence-corrected chi connectivity index (χ0v) is 10.4. The minimum absolute atomic E-state index is 0.300. The lowest BCUT2D eigenvalue weighted by Crippen LogP contribution is -2.13. The summed E-state index contributed by atoms with van der Waals surface area (Å²) in [6.07, 6.45) is 3.55. The van der Waals surface area contributed by atoms with Crippen LogP contribution in [0.25, 0.3) is 6.08 Å². The van der Waals surface area contributed by atoms with Crippen molar-refractivity contribution >= 4 is 29.9 Å². The Kier molecular flexibility index (Phi) is 5.81. The monoisotopic (exact) mass is 262 g/mol. The Morgan fingerprint density at radius 1 is 1.42 bits per heavy atom. The van der Waals surface area contributed by atoms with Crippen molar-refractivity contribution in [2.45, 2.75) is 6.92 Å². The van der Waals surface area contributed by atoms with E-state index in [0.29, 0.717) is 17.9 Å². The van der Waals surface area contributed by atoms with Crippen molar-refractivity contribution in [2.24, 2.45) is 5.16 Å². The van der Waals surface area contributed by atoms with Gasteiger partial charge in [0, 0.05) is 11.8 Å². The Balaban J connectivity index is 2.84. The molecular weight excluding hydrogens is 248 g/mol. The molecule has 1 aromatic rings. The van der Waals surface area contributed by atoms with E-state index in [1.54, 1.807) is 31.2 Å². The minimum Gasteiger partial charge on any atom is -0.463 e. The maximum Gasteiger partial charge on any atom is 0.330 e. The van der Waals surface area contributed by atoms with Gasteiger partial charge in [0.25, 0.3) is 5.91 Å². The fraction of sp³-hybridized carbons (Fsp3) is 0.154. The van der Waals surface area contributed by atoms with Gasteiger partial charge in [0.1, 0.15) is 6.21 Å². The van der Waals surface area contributed by atoms with Crippen LogP contribution in [0.3, 0.4) is 0 Å². The van der Waals surface area contributed by atoms with Gasteiger partial charge in [-0.2, -0.15) is 0 Å². The molecule has 0 aliphatic heterocycles. The molecule has 0 saturated carbocycles. The standard InChI is InChI=1S/C13H14N2O4/c1-2-19-13(17)8-7-10-5-3-4-6-11(10)15-12(16)9-14-18/h3-9,18H,2H2,1H3,(H,15,16). The third-order valence-corrected chi connectivity index (χ3v) is 2.08. The molecule has 0 heterocycles. The Morgan fingerprint density at radius 3 is 2.84 bits per heavy atom. The average molecular weight is 262 g/mol. The second-order valence-corrected chi connectivity index (χ2v) is 3.41. The van der Waals surface area contributed by atoms with Gasteiger partial charge in [0.05, 0.1) is 6.61 Å². The second-order valence-electron chi connectivity index (χ2n) is 3.41. The maximum absolute atomic E-state index is 11.3. The molecule has 0 saturated heterocycles. The summed E-state index contributed by atoms with van der Waals surface area (Å²) in [7, 11) is 0. The molecule has 1 rings (SSSR count). The zero-order chi connectivity index (χ0) is 14.1. The topological polar surface area (TPSA) is 88.0 Å². The molecular formula is C13H14N2O4. The number of oxime groups is 1. The number of amides is 1. The number of hydrogen-bond acceptors (Lipinski definition) is 5. The molecule has 6 nitrogen and oxygen atoms in total. The van der Waals surface area contributed by atoms with Crippen molar-refractivity contribution in [3.05, 3.63) is 35.9 Å². The fourth-order valence-electron chi connectivity index (χ4n) is 1.32. The molecule has 0 atom stereocenters. The van der Waals surface area contributed by atoms with Crippen molar-refractivity contribution < 1.29 is 19.5 Å². The molecule has 0 aliphatic carbocycles. The molecule has 100 valence electrons. The van der Waals surface area contributed by atoms with E-state index in [9.17, 15) is 9.59 Å². The van der Waals surface area contributed by atoms with Crippen molar-refractivity contribution in [3.8, 4) is 0 Å². The van der Waals surface area contributed by atoms with Crippen LogP contribution in [0.15, 0.2) is 35.5 Å². The molecule has 0 aliphatic rings. The number of rotatable bonds is 5. The first-order valence-corrected chi connectivity index (χ1v) is 5.59. The van der Waals surface area contributed by atoms with E-state index in [-0.39, 0.29) is 0 Å². The lowest BCUT2D eigenvalue weighted by molar-refractivity contribution is -0.137. The largest absolute Gasteiger partial charge is 0.463 e. The van der Waals surface area contributed by atoms with Gasteiger partial charge in [-0.1, -0.05) is 23.4 Å². The van der Waals surface area contributed by atoms with Crippen LogP contribution < -0.4 is 5.32 Å². The highest BCUT2D eigenvalue weighted by Gasteiger charge is 2.03. The summed E-state index contributed by atoms with van der Waals surface area (Å²) in [6.45, 7) is 2.02. The summed E-state index contributed by atoms with van der Waals surface area (Å²) >= 11 is 0. The highest BCUT2D eigenvalue weighted by Crippen LogP contribution is 2.16. The van der Waals surface area contributed by atoms with Crippen LogP contribution in [0.1, 0.15) is 12.5 Å². The van der Waals surface area contributed by atoms with Gasteiger partial charge in [-0.15, -0.1) is 0 Å². The predicted molar refractivity (Wildman–Crippen MR) is 71.0 cm³/mol. The first-order valence-electron chi connectivity index (χ1n) is 5.59. The number of esters is 1. The average Bonchev–Trinajstić information content (AvgIpc) is 2.38. The SMILES string of the molecule is CCOC(=O)C=Cc1ccccc1NC(=O)C=NO. The number of hydrogen-bond donors (Lipinski definition) is 2. The number of carbonyl (C=O) groups excluding carboxylic acids is 2. The maximum atomic E-state index is 11.3. The molecule has 1 amide bonds. The highest BCUT2D eigenvalue weighted by molar-refractivity contribution is 6.31. The third kappa shape index (κ3) is 5.03. The zero-order valence-electron chi connectivity index (χ0n) is 10.4. The predicted octanol–water partition coefficient (Wildman–Crippen LogP) is 1.66. The van der Waals surface area contributed by atoms with Gasteiger partial charge in [0.15, 0.2) is 0 Å². The molecule has 0 fully saturated rings. The van der Waals surface area contributed by atoms with Gasteiger partial charge >= 0.3 is 5.97 Å². The van der Waals surface area contributed by atoms with Crippen LogP contribution in [0.5, 0.6) is 0 Å². The van der Waals surface area contributed by atoms with E-state index in [1.165, 1.54) is 12.2 Å². The molecule has 0 unspecified atom stereocenters. The number of benzene rings is 1. The van der Waals surface area contributed by atoms with Crippen molar-refractivity contribution in [3.63, 3.8) is 0 Å². The van der Waals surface area contributed by atoms with Crippen LogP contribution in [0.4, 0.5) is 5.69 Å². The van der Waals surface area contributed by atoms with Crippen LogP contribution in [-0.2, 0) is 14.3 Å². The van der Waals surface area contributed by atoms with Gasteiger partial charge in [-0.25, -0.2) is 4.79 Å². The van der Waals surface area contributed by atoms with Crippen LogP contribution in [0, 0.1) is 0 Å². The van der Waals surface area contributed by atoms with Crippen LogP contribution in [-0.4, -0.2) is 29.9 Å². The van der Waals surface area contributed by atoms with Gasteiger partial charge in [0.2, 0.25) is 0 Å². The normalized spacial score (nSPS) is 10.8. The number of nitrogens with one attached hydrogen (secondary N) is 1. The van der Waals surface area contributed by atoms with Gasteiger partial charge in [-0.3, -0.25) is 4.79 Å². The van der Waals surface area contributed by atoms with Crippen LogP contribution >= 0.6 is 0 Å². The Labute approximate surface area is 110 Å². The number of para-hydroxylation sites is 1. The number of ether oxygens (including phenoxy) is 1. The summed E-state index contributed by atoms with van der Waals surface area (Å²) in [5.41, 5.74) is 1.13. The lowest BCUT2D eigenvalue weighted by Gasteiger charge is -2.05. The molecule has 0 aromatic heterocycles. The summed E-state index contributed by atoms with van der Waals surface area (Å²) in [6, 6.07) is 6.88. The molecule has 0 radical (unpaired) electrons. The van der Waals surface area contributed by atoms with E-state index in [0.717, 1.165) is 6.21 Å². The third-order valence-electron chi connectivity index (χ3n) is 2.08. The summed E-state index contributed by atoms with van der Waals surface area (Å²) in [5.74, 6) is -1.03. The van der Waals surface area contributed by atoms with Crippen LogP contribution in [0.2, 0.25) is 0 Å². The Bertz CT molecular complexity index is 509. The Morgan fingerprint density at radius 2 is 2.16 bits per heavy atom. The summed E-state index contributed by atoms with van der Waals surface area (Å²) < 4.78 is 4.76. The molecule has 1 aromatic carbocycles. The second kappa shape index (κ2) is 7.65. The fourth-order valence-corrected chi connectivity index (χ4v) is 1.32. The van der Waals surface area contributed by atoms with Crippen molar-refractivity contribution in [2.75, 3.05) is 11.9 Å². The number of carbonyl (C=O) groups is 2. The van der Waals surface area contributed by atoms with Gasteiger partial charge in [-0.05, 0) is 24.6 Å². The Hall–Kier alpha value is -2.63. The molecule has 0 bridgehead atoms. The van der Waals surface area contributed by atoms with Crippen molar-refractivity contribution in [1.29, 1.82) is 0 Å². The smallest absolute Gasteiger partial charge is 0.330 e. The van der Waals surface area contributed by atoms with E-state index in [2.05, 4.69) is 10.5 Å². The minimum atomic E-state index is -0.570. The van der Waals surface area contributed by atoms with Gasteiger partial charge < -0.3 is 15.3 Å². The number of anilines is 1. The lowest BCUT2D eigenvalue weighted by atomic mass is 10.1. The first-order chi connectivity index (χ1) is 9.17. The molecule has 0 spiro atoms. The van der Waals surface area contributed by atoms with Crippen molar-refractivity contribution in [1.82, 2.24) is 0 Å².